The second kappa shape index (κ2) is 4.81. The molecular weight excluding hydrogens is 148 g/mol. The zero-order valence-corrected chi connectivity index (χ0v) is 7.84. The van der Waals surface area contributed by atoms with Gasteiger partial charge in [0, 0.05) is 6.42 Å². The Morgan fingerprint density at radius 3 is 2.75 bits per heavy atom. The van der Waals surface area contributed by atoms with Gasteiger partial charge in [-0.2, -0.15) is 0 Å². The van der Waals surface area contributed by atoms with Gasteiger partial charge >= 0.3 is 0 Å². The summed E-state index contributed by atoms with van der Waals surface area (Å²) < 4.78 is 5.38. The van der Waals surface area contributed by atoms with Crippen LogP contribution < -0.4 is 0 Å². The van der Waals surface area contributed by atoms with Gasteiger partial charge in [-0.3, -0.25) is 0 Å². The Kier molecular flexibility index (Phi) is 3.65. The van der Waals surface area contributed by atoms with Crippen molar-refractivity contribution in [1.29, 1.82) is 0 Å². The molecule has 0 unspecified atom stereocenters. The Morgan fingerprint density at radius 2 is 1.92 bits per heavy atom. The molecule has 66 valence electrons. The summed E-state index contributed by atoms with van der Waals surface area (Å²) in [5, 5.41) is 0. The highest BCUT2D eigenvalue weighted by Gasteiger charge is 2.11. The maximum absolute atomic E-state index is 5.38. The molecular formula is C11H16O. The molecule has 0 aromatic rings. The van der Waals surface area contributed by atoms with E-state index in [0.29, 0.717) is 0 Å². The summed E-state index contributed by atoms with van der Waals surface area (Å²) in [7, 11) is 0. The zero-order valence-electron chi connectivity index (χ0n) is 7.84. The van der Waals surface area contributed by atoms with Gasteiger partial charge in [-0.25, -0.2) is 0 Å². The van der Waals surface area contributed by atoms with Gasteiger partial charge in [0.25, 0.3) is 0 Å². The Balaban J connectivity index is 0.000000336. The van der Waals surface area contributed by atoms with Crippen LogP contribution in [0.4, 0.5) is 0 Å². The van der Waals surface area contributed by atoms with Crippen LogP contribution in [0.1, 0.15) is 26.7 Å². The van der Waals surface area contributed by atoms with Gasteiger partial charge in [-0.05, 0) is 18.1 Å². The lowest BCUT2D eigenvalue weighted by molar-refractivity contribution is 0.257. The van der Waals surface area contributed by atoms with Crippen LogP contribution in [0.2, 0.25) is 0 Å². The summed E-state index contributed by atoms with van der Waals surface area (Å²) in [5.41, 5.74) is 1.36. The third-order valence-electron chi connectivity index (χ3n) is 1.81. The number of rotatable bonds is 0. The van der Waals surface area contributed by atoms with Crippen LogP contribution in [0, 0.1) is 0 Å². The van der Waals surface area contributed by atoms with Crippen LogP contribution >= 0.6 is 0 Å². The maximum Gasteiger partial charge on any atom is 0.122 e. The van der Waals surface area contributed by atoms with Crippen molar-refractivity contribution in [2.45, 2.75) is 26.7 Å². The molecule has 2 aliphatic rings. The Hall–Kier alpha value is -0.980. The normalized spacial score (nSPS) is 19.2. The molecule has 0 aromatic heterocycles. The first kappa shape index (κ1) is 9.11. The van der Waals surface area contributed by atoms with Crippen molar-refractivity contribution in [2.24, 2.45) is 0 Å². The van der Waals surface area contributed by atoms with E-state index >= 15 is 0 Å². The summed E-state index contributed by atoms with van der Waals surface area (Å²) in [6, 6.07) is 0. The molecule has 1 heterocycles. The van der Waals surface area contributed by atoms with Gasteiger partial charge in [-0.15, -0.1) is 0 Å². The molecule has 0 radical (unpaired) electrons. The van der Waals surface area contributed by atoms with Crippen molar-refractivity contribution in [3.63, 3.8) is 0 Å². The van der Waals surface area contributed by atoms with E-state index in [1.54, 1.807) is 0 Å². The quantitative estimate of drug-likeness (QED) is 0.534. The molecule has 0 fully saturated rings. The monoisotopic (exact) mass is 164 g/mol. The standard InChI is InChI=1S/C9H10O.C2H6/c1-2-4-8-6-7-10-9(8)5-3-1;1-2/h2-5H,1,6-7H2;1-2H3. The van der Waals surface area contributed by atoms with Crippen LogP contribution in [-0.2, 0) is 4.74 Å². The highest BCUT2D eigenvalue weighted by atomic mass is 16.5. The van der Waals surface area contributed by atoms with Crippen molar-refractivity contribution in [3.05, 3.63) is 35.6 Å². The van der Waals surface area contributed by atoms with Gasteiger partial charge in [0.05, 0.1) is 6.61 Å². The molecule has 0 amide bonds. The number of ether oxygens (including phenoxy) is 1. The van der Waals surface area contributed by atoms with Crippen LogP contribution in [0.25, 0.3) is 0 Å². The van der Waals surface area contributed by atoms with E-state index in [4.69, 9.17) is 4.74 Å². The third kappa shape index (κ3) is 2.00. The fraction of sp³-hybridized carbons (Fsp3) is 0.455. The van der Waals surface area contributed by atoms with E-state index in [0.717, 1.165) is 25.2 Å². The SMILES string of the molecule is C1=CC2=C(C=CC1)OCC2.CC. The maximum atomic E-state index is 5.38. The molecule has 0 saturated heterocycles. The molecule has 0 saturated carbocycles. The van der Waals surface area contributed by atoms with Gasteiger partial charge in [0.2, 0.25) is 0 Å². The summed E-state index contributed by atoms with van der Waals surface area (Å²) in [5.74, 6) is 1.08. The van der Waals surface area contributed by atoms with Gasteiger partial charge in [-0.1, -0.05) is 32.1 Å². The predicted octanol–water partition coefficient (Wildman–Crippen LogP) is 3.20. The van der Waals surface area contributed by atoms with Gasteiger partial charge in [0.15, 0.2) is 0 Å². The van der Waals surface area contributed by atoms with Crippen molar-refractivity contribution in [1.82, 2.24) is 0 Å². The van der Waals surface area contributed by atoms with Crippen LogP contribution in [0.5, 0.6) is 0 Å². The molecule has 1 heteroatoms. The van der Waals surface area contributed by atoms with Gasteiger partial charge in [0.1, 0.15) is 5.76 Å². The van der Waals surface area contributed by atoms with E-state index in [2.05, 4.69) is 24.3 Å². The van der Waals surface area contributed by atoms with E-state index in [9.17, 15) is 0 Å². The first-order valence-corrected chi connectivity index (χ1v) is 4.66. The molecule has 0 atom stereocenters. The Bertz CT molecular complexity index is 199. The van der Waals surface area contributed by atoms with E-state index in [-0.39, 0.29) is 0 Å². The average Bonchev–Trinajstić information content (AvgIpc) is 2.46. The van der Waals surface area contributed by atoms with Gasteiger partial charge < -0.3 is 4.74 Å². The molecule has 0 aromatic carbocycles. The lowest BCUT2D eigenvalue weighted by atomic mass is 10.2. The molecule has 1 aliphatic heterocycles. The van der Waals surface area contributed by atoms with Crippen molar-refractivity contribution >= 4 is 0 Å². The molecule has 1 nitrogen and oxygen atoms in total. The highest BCUT2D eigenvalue weighted by molar-refractivity contribution is 5.34. The summed E-state index contributed by atoms with van der Waals surface area (Å²) >= 11 is 0. The minimum absolute atomic E-state index is 0.860. The molecule has 0 spiro atoms. The zero-order chi connectivity index (χ0) is 8.81. The topological polar surface area (TPSA) is 9.23 Å². The van der Waals surface area contributed by atoms with Crippen LogP contribution in [-0.4, -0.2) is 6.61 Å². The second-order valence-corrected chi connectivity index (χ2v) is 2.53. The van der Waals surface area contributed by atoms with Crippen molar-refractivity contribution in [2.75, 3.05) is 6.61 Å². The predicted molar refractivity (Wildman–Crippen MR) is 51.8 cm³/mol. The van der Waals surface area contributed by atoms with E-state index in [1.165, 1.54) is 5.57 Å². The second-order valence-electron chi connectivity index (χ2n) is 2.53. The summed E-state index contributed by atoms with van der Waals surface area (Å²) in [6.07, 6.45) is 10.7. The summed E-state index contributed by atoms with van der Waals surface area (Å²) in [4.78, 5) is 0. The minimum Gasteiger partial charge on any atom is -0.493 e. The van der Waals surface area contributed by atoms with E-state index in [1.807, 2.05) is 13.8 Å². The number of hydrogen-bond acceptors (Lipinski definition) is 1. The smallest absolute Gasteiger partial charge is 0.122 e. The largest absolute Gasteiger partial charge is 0.493 e. The summed E-state index contributed by atoms with van der Waals surface area (Å²) in [6.45, 7) is 4.86. The molecule has 0 bridgehead atoms. The lowest BCUT2D eigenvalue weighted by Gasteiger charge is -1.94. The first-order chi connectivity index (χ1) is 5.97. The fourth-order valence-corrected chi connectivity index (χ4v) is 1.27. The molecule has 1 aliphatic carbocycles. The third-order valence-corrected chi connectivity index (χ3v) is 1.81. The fourth-order valence-electron chi connectivity index (χ4n) is 1.27. The highest BCUT2D eigenvalue weighted by Crippen LogP contribution is 2.23. The van der Waals surface area contributed by atoms with E-state index < -0.39 is 0 Å². The number of hydrogen-bond donors (Lipinski definition) is 0. The van der Waals surface area contributed by atoms with Crippen LogP contribution in [0.3, 0.4) is 0 Å². The first-order valence-electron chi connectivity index (χ1n) is 4.66. The minimum atomic E-state index is 0.860. The Morgan fingerprint density at radius 1 is 1.17 bits per heavy atom. The Labute approximate surface area is 74.4 Å². The lowest BCUT2D eigenvalue weighted by Crippen LogP contribution is -1.79. The van der Waals surface area contributed by atoms with Crippen molar-refractivity contribution in [3.8, 4) is 0 Å². The molecule has 0 N–H and O–H groups in total. The van der Waals surface area contributed by atoms with Crippen molar-refractivity contribution < 1.29 is 4.74 Å². The average molecular weight is 164 g/mol. The molecule has 2 rings (SSSR count). The molecule has 12 heavy (non-hydrogen) atoms. The number of allylic oxidation sites excluding steroid dienone is 4. The van der Waals surface area contributed by atoms with Crippen LogP contribution in [0.15, 0.2) is 35.6 Å².